The SMILES string of the molecule is Nc1c(-c2cccc(Cl)c2)c(C(F)(F)F)nn1-c1ccccc1. The van der Waals surface area contributed by atoms with Gasteiger partial charge in [0.25, 0.3) is 0 Å². The average Bonchev–Trinajstić information content (AvgIpc) is 2.86. The smallest absolute Gasteiger partial charge is 0.383 e. The molecule has 1 heterocycles. The van der Waals surface area contributed by atoms with Crippen molar-refractivity contribution in [2.24, 2.45) is 0 Å². The molecule has 118 valence electrons. The van der Waals surface area contributed by atoms with Crippen LogP contribution in [0.1, 0.15) is 5.69 Å². The van der Waals surface area contributed by atoms with E-state index in [9.17, 15) is 13.2 Å². The first-order valence-corrected chi connectivity index (χ1v) is 7.03. The minimum atomic E-state index is -4.63. The summed E-state index contributed by atoms with van der Waals surface area (Å²) in [5.74, 6) is -0.0919. The largest absolute Gasteiger partial charge is 0.435 e. The maximum atomic E-state index is 13.4. The minimum absolute atomic E-state index is 0.0919. The number of hydrogen-bond acceptors (Lipinski definition) is 2. The maximum Gasteiger partial charge on any atom is 0.435 e. The Morgan fingerprint density at radius 2 is 1.70 bits per heavy atom. The summed E-state index contributed by atoms with van der Waals surface area (Å²) >= 11 is 5.89. The van der Waals surface area contributed by atoms with E-state index in [-0.39, 0.29) is 16.9 Å². The van der Waals surface area contributed by atoms with Gasteiger partial charge in [0.1, 0.15) is 5.82 Å². The van der Waals surface area contributed by atoms with E-state index < -0.39 is 11.9 Å². The number of benzene rings is 2. The number of halogens is 4. The first-order valence-electron chi connectivity index (χ1n) is 6.65. The van der Waals surface area contributed by atoms with Crippen LogP contribution in [0.3, 0.4) is 0 Å². The lowest BCUT2D eigenvalue weighted by Crippen LogP contribution is -2.08. The third-order valence-corrected chi connectivity index (χ3v) is 3.54. The Morgan fingerprint density at radius 1 is 1.00 bits per heavy atom. The molecule has 0 aliphatic rings. The molecule has 0 saturated carbocycles. The summed E-state index contributed by atoms with van der Waals surface area (Å²) in [6.07, 6.45) is -4.63. The second-order valence-electron chi connectivity index (χ2n) is 4.86. The normalized spacial score (nSPS) is 11.7. The molecule has 0 atom stereocenters. The standard InChI is InChI=1S/C16H11ClF3N3/c17-11-6-4-5-10(9-11)13-14(16(18,19)20)22-23(15(13)21)12-7-2-1-3-8-12/h1-9H,21H2. The Bertz CT molecular complexity index is 842. The first-order chi connectivity index (χ1) is 10.9. The van der Waals surface area contributed by atoms with E-state index in [0.29, 0.717) is 10.7 Å². The zero-order valence-corrected chi connectivity index (χ0v) is 12.4. The van der Waals surface area contributed by atoms with E-state index in [1.54, 1.807) is 42.5 Å². The van der Waals surface area contributed by atoms with Crippen LogP contribution in [-0.4, -0.2) is 9.78 Å². The second kappa shape index (κ2) is 5.62. The van der Waals surface area contributed by atoms with E-state index in [4.69, 9.17) is 17.3 Å². The summed E-state index contributed by atoms with van der Waals surface area (Å²) in [6.45, 7) is 0. The van der Waals surface area contributed by atoms with Crippen LogP contribution in [0.15, 0.2) is 54.6 Å². The Morgan fingerprint density at radius 3 is 2.30 bits per heavy atom. The summed E-state index contributed by atoms with van der Waals surface area (Å²) in [5.41, 5.74) is 5.47. The highest BCUT2D eigenvalue weighted by Gasteiger charge is 2.39. The molecule has 0 saturated heterocycles. The van der Waals surface area contributed by atoms with Gasteiger partial charge in [0.15, 0.2) is 5.69 Å². The maximum absolute atomic E-state index is 13.4. The number of nitrogens with two attached hydrogens (primary N) is 1. The van der Waals surface area contributed by atoms with Gasteiger partial charge in [0.05, 0.1) is 11.3 Å². The molecule has 3 aromatic rings. The second-order valence-corrected chi connectivity index (χ2v) is 5.30. The number of alkyl halides is 3. The fraction of sp³-hybridized carbons (Fsp3) is 0.0625. The Hall–Kier alpha value is -2.47. The lowest BCUT2D eigenvalue weighted by molar-refractivity contribution is -0.140. The number of hydrogen-bond donors (Lipinski definition) is 1. The lowest BCUT2D eigenvalue weighted by atomic mass is 10.1. The van der Waals surface area contributed by atoms with Crippen LogP contribution in [0.5, 0.6) is 0 Å². The number of anilines is 1. The summed E-state index contributed by atoms with van der Waals surface area (Å²) < 4.78 is 41.2. The molecule has 2 N–H and O–H groups in total. The fourth-order valence-electron chi connectivity index (χ4n) is 2.32. The van der Waals surface area contributed by atoms with Crippen molar-refractivity contribution >= 4 is 17.4 Å². The molecular weight excluding hydrogens is 327 g/mol. The zero-order valence-electron chi connectivity index (χ0n) is 11.7. The highest BCUT2D eigenvalue weighted by Crippen LogP contribution is 2.41. The monoisotopic (exact) mass is 337 g/mol. The van der Waals surface area contributed by atoms with Crippen LogP contribution in [0.25, 0.3) is 16.8 Å². The Balaban J connectivity index is 2.28. The van der Waals surface area contributed by atoms with Gasteiger partial charge in [-0.25, -0.2) is 4.68 Å². The van der Waals surface area contributed by atoms with Crippen molar-refractivity contribution in [2.45, 2.75) is 6.18 Å². The molecule has 2 aromatic carbocycles. The van der Waals surface area contributed by atoms with E-state index in [1.165, 1.54) is 12.1 Å². The van der Waals surface area contributed by atoms with Crippen molar-refractivity contribution in [2.75, 3.05) is 5.73 Å². The molecule has 0 amide bonds. The van der Waals surface area contributed by atoms with Gasteiger partial charge in [0, 0.05) is 5.02 Å². The Kier molecular flexibility index (Phi) is 3.77. The first kappa shape index (κ1) is 15.4. The van der Waals surface area contributed by atoms with Crippen molar-refractivity contribution in [1.82, 2.24) is 9.78 Å². The highest BCUT2D eigenvalue weighted by atomic mass is 35.5. The van der Waals surface area contributed by atoms with E-state index in [2.05, 4.69) is 5.10 Å². The van der Waals surface area contributed by atoms with Crippen LogP contribution in [0.4, 0.5) is 19.0 Å². The lowest BCUT2D eigenvalue weighted by Gasteiger charge is -2.07. The van der Waals surface area contributed by atoms with Crippen molar-refractivity contribution in [3.8, 4) is 16.8 Å². The molecule has 0 fully saturated rings. The van der Waals surface area contributed by atoms with Gasteiger partial charge in [-0.2, -0.15) is 18.3 Å². The van der Waals surface area contributed by atoms with Crippen LogP contribution < -0.4 is 5.73 Å². The van der Waals surface area contributed by atoms with Gasteiger partial charge >= 0.3 is 6.18 Å². The molecule has 0 spiro atoms. The fourth-order valence-corrected chi connectivity index (χ4v) is 2.51. The van der Waals surface area contributed by atoms with E-state index in [0.717, 1.165) is 4.68 Å². The van der Waals surface area contributed by atoms with Gasteiger partial charge in [0.2, 0.25) is 0 Å². The van der Waals surface area contributed by atoms with Gasteiger partial charge < -0.3 is 5.73 Å². The zero-order chi connectivity index (χ0) is 16.6. The van der Waals surface area contributed by atoms with Crippen molar-refractivity contribution in [3.05, 3.63) is 65.3 Å². The predicted molar refractivity (Wildman–Crippen MR) is 83.4 cm³/mol. The summed E-state index contributed by atoms with van der Waals surface area (Å²) in [7, 11) is 0. The van der Waals surface area contributed by atoms with Crippen molar-refractivity contribution < 1.29 is 13.2 Å². The number of nitrogen functional groups attached to an aromatic ring is 1. The van der Waals surface area contributed by atoms with Crippen LogP contribution in [0, 0.1) is 0 Å². The number of para-hydroxylation sites is 1. The number of aromatic nitrogens is 2. The third kappa shape index (κ3) is 2.90. The molecule has 7 heteroatoms. The molecule has 3 rings (SSSR count). The third-order valence-electron chi connectivity index (χ3n) is 3.30. The number of nitrogens with zero attached hydrogens (tertiary/aromatic N) is 2. The molecule has 0 aliphatic heterocycles. The Labute approximate surface area is 135 Å². The molecule has 0 radical (unpaired) electrons. The number of rotatable bonds is 2. The summed E-state index contributed by atoms with van der Waals surface area (Å²) in [4.78, 5) is 0. The average molecular weight is 338 g/mol. The molecule has 3 nitrogen and oxygen atoms in total. The quantitative estimate of drug-likeness (QED) is 0.730. The molecule has 0 unspecified atom stereocenters. The van der Waals surface area contributed by atoms with Gasteiger partial charge in [-0.1, -0.05) is 41.9 Å². The van der Waals surface area contributed by atoms with Crippen molar-refractivity contribution in [3.63, 3.8) is 0 Å². The van der Waals surface area contributed by atoms with E-state index in [1.807, 2.05) is 0 Å². The van der Waals surface area contributed by atoms with Gasteiger partial charge in [-0.3, -0.25) is 0 Å². The highest BCUT2D eigenvalue weighted by molar-refractivity contribution is 6.30. The molecule has 0 bridgehead atoms. The topological polar surface area (TPSA) is 43.8 Å². The van der Waals surface area contributed by atoms with Gasteiger partial charge in [-0.05, 0) is 29.8 Å². The molecular formula is C16H11ClF3N3. The van der Waals surface area contributed by atoms with E-state index >= 15 is 0 Å². The van der Waals surface area contributed by atoms with Crippen LogP contribution in [-0.2, 0) is 6.18 Å². The summed E-state index contributed by atoms with van der Waals surface area (Å²) in [6, 6.07) is 14.5. The molecule has 23 heavy (non-hydrogen) atoms. The molecule has 1 aromatic heterocycles. The minimum Gasteiger partial charge on any atom is -0.383 e. The van der Waals surface area contributed by atoms with Gasteiger partial charge in [-0.15, -0.1) is 0 Å². The van der Waals surface area contributed by atoms with Crippen LogP contribution in [0.2, 0.25) is 5.02 Å². The summed E-state index contributed by atoms with van der Waals surface area (Å²) in [5, 5.41) is 4.00. The predicted octanol–water partition coefficient (Wildman–Crippen LogP) is 4.79. The molecule has 0 aliphatic carbocycles. The van der Waals surface area contributed by atoms with Crippen molar-refractivity contribution in [1.29, 1.82) is 0 Å². The van der Waals surface area contributed by atoms with Crippen LogP contribution >= 0.6 is 11.6 Å².